The molecule has 1 N–H and O–H groups in total. The van der Waals surface area contributed by atoms with E-state index in [2.05, 4.69) is 4.72 Å². The van der Waals surface area contributed by atoms with E-state index in [4.69, 9.17) is 0 Å². The summed E-state index contributed by atoms with van der Waals surface area (Å²) in [6.07, 6.45) is 0.157. The van der Waals surface area contributed by atoms with Crippen molar-refractivity contribution in [1.29, 1.82) is 0 Å². The van der Waals surface area contributed by atoms with Gasteiger partial charge in [-0.25, -0.2) is 13.1 Å². The zero-order chi connectivity index (χ0) is 16.5. The van der Waals surface area contributed by atoms with Crippen molar-refractivity contribution in [1.82, 2.24) is 9.62 Å². The van der Waals surface area contributed by atoms with Crippen LogP contribution in [0.5, 0.6) is 0 Å². The first-order valence-corrected chi connectivity index (χ1v) is 8.62. The molecule has 7 heteroatoms. The number of sulfonamides is 1. The minimum atomic E-state index is -3.75. The molecule has 1 heterocycles. The molecule has 0 bridgehead atoms. The number of carbonyl (C=O) groups excluding carboxylic acids is 2. The molecule has 1 saturated heterocycles. The number of carbonyl (C=O) groups is 2. The summed E-state index contributed by atoms with van der Waals surface area (Å²) in [6, 6.07) is 5.49. The standard InChI is InChI=1S/C15H20N2O4S/c1-10(2)17-9-13(8-15(17)19)16-22(20,21)14-6-4-5-12(7-14)11(3)18/h4-7,10,13,16H,8-9H2,1-3H3. The average molecular weight is 324 g/mol. The molecule has 1 aromatic carbocycles. The van der Waals surface area contributed by atoms with Crippen LogP contribution in [0.4, 0.5) is 0 Å². The van der Waals surface area contributed by atoms with Crippen molar-refractivity contribution in [3.05, 3.63) is 29.8 Å². The van der Waals surface area contributed by atoms with E-state index < -0.39 is 16.1 Å². The van der Waals surface area contributed by atoms with Gasteiger partial charge in [0.1, 0.15) is 0 Å². The normalized spacial score (nSPS) is 19.0. The first-order chi connectivity index (χ1) is 10.2. The molecular formula is C15H20N2O4S. The molecule has 0 radical (unpaired) electrons. The highest BCUT2D eigenvalue weighted by Gasteiger charge is 2.33. The molecule has 1 aromatic rings. The van der Waals surface area contributed by atoms with Crippen LogP contribution in [0.1, 0.15) is 37.6 Å². The molecule has 1 aliphatic heterocycles. The zero-order valence-corrected chi connectivity index (χ0v) is 13.7. The van der Waals surface area contributed by atoms with Crippen LogP contribution in [0.2, 0.25) is 0 Å². The van der Waals surface area contributed by atoms with Crippen molar-refractivity contribution in [2.75, 3.05) is 6.54 Å². The summed E-state index contributed by atoms with van der Waals surface area (Å²) in [4.78, 5) is 24.9. The van der Waals surface area contributed by atoms with Gasteiger partial charge < -0.3 is 4.90 Å². The van der Waals surface area contributed by atoms with Crippen LogP contribution >= 0.6 is 0 Å². The van der Waals surface area contributed by atoms with Gasteiger partial charge in [-0.1, -0.05) is 12.1 Å². The second-order valence-electron chi connectivity index (χ2n) is 5.75. The molecule has 2 rings (SSSR count). The van der Waals surface area contributed by atoms with E-state index in [9.17, 15) is 18.0 Å². The van der Waals surface area contributed by atoms with Gasteiger partial charge in [-0.05, 0) is 32.9 Å². The van der Waals surface area contributed by atoms with Gasteiger partial charge in [0.15, 0.2) is 5.78 Å². The summed E-state index contributed by atoms with van der Waals surface area (Å²) in [5.74, 6) is -0.251. The largest absolute Gasteiger partial charge is 0.339 e. The van der Waals surface area contributed by atoms with Crippen molar-refractivity contribution in [3.8, 4) is 0 Å². The second-order valence-corrected chi connectivity index (χ2v) is 7.46. The molecule has 0 aliphatic carbocycles. The third kappa shape index (κ3) is 3.53. The smallest absolute Gasteiger partial charge is 0.240 e. The number of ketones is 1. The maximum Gasteiger partial charge on any atom is 0.240 e. The van der Waals surface area contributed by atoms with Crippen molar-refractivity contribution >= 4 is 21.7 Å². The molecule has 1 atom stereocenters. The van der Waals surface area contributed by atoms with E-state index in [0.29, 0.717) is 12.1 Å². The Balaban J connectivity index is 2.17. The number of nitrogens with zero attached hydrogens (tertiary/aromatic N) is 1. The maximum atomic E-state index is 12.4. The predicted octanol–water partition coefficient (Wildman–Crippen LogP) is 1.18. The highest BCUT2D eigenvalue weighted by atomic mass is 32.2. The molecule has 22 heavy (non-hydrogen) atoms. The Bertz CT molecular complexity index is 697. The lowest BCUT2D eigenvalue weighted by molar-refractivity contribution is -0.129. The molecule has 0 aromatic heterocycles. The van der Waals surface area contributed by atoms with Crippen molar-refractivity contribution in [2.24, 2.45) is 0 Å². The first-order valence-electron chi connectivity index (χ1n) is 7.13. The van der Waals surface area contributed by atoms with Crippen molar-refractivity contribution < 1.29 is 18.0 Å². The van der Waals surface area contributed by atoms with Crippen molar-refractivity contribution in [2.45, 2.75) is 44.2 Å². The van der Waals surface area contributed by atoms with Crippen LogP contribution < -0.4 is 4.72 Å². The fraction of sp³-hybridized carbons (Fsp3) is 0.467. The van der Waals surface area contributed by atoms with Gasteiger partial charge in [0, 0.05) is 30.6 Å². The number of likely N-dealkylation sites (tertiary alicyclic amines) is 1. The number of hydrogen-bond donors (Lipinski definition) is 1. The Morgan fingerprint density at radius 3 is 2.59 bits per heavy atom. The Hall–Kier alpha value is -1.73. The number of Topliss-reactive ketones (excluding diaryl/α,β-unsaturated/α-hetero) is 1. The number of rotatable bonds is 5. The summed E-state index contributed by atoms with van der Waals surface area (Å²) >= 11 is 0. The molecule has 1 fully saturated rings. The minimum absolute atomic E-state index is 0.0376. The quantitative estimate of drug-likeness (QED) is 0.824. The Labute approximate surface area is 130 Å². The van der Waals surface area contributed by atoms with Crippen LogP contribution in [-0.2, 0) is 14.8 Å². The third-order valence-electron chi connectivity index (χ3n) is 3.65. The van der Waals surface area contributed by atoms with Gasteiger partial charge >= 0.3 is 0 Å². The van der Waals surface area contributed by atoms with E-state index in [0.717, 1.165) is 0 Å². The summed E-state index contributed by atoms with van der Waals surface area (Å²) < 4.78 is 27.3. The summed E-state index contributed by atoms with van der Waals surface area (Å²) in [6.45, 7) is 5.54. The van der Waals surface area contributed by atoms with E-state index in [1.54, 1.807) is 11.0 Å². The average Bonchev–Trinajstić information content (AvgIpc) is 2.79. The van der Waals surface area contributed by atoms with Gasteiger partial charge in [0.05, 0.1) is 4.90 Å². The first kappa shape index (κ1) is 16.6. The number of benzene rings is 1. The Morgan fingerprint density at radius 1 is 1.36 bits per heavy atom. The van der Waals surface area contributed by atoms with Crippen LogP contribution in [0.3, 0.4) is 0 Å². The van der Waals surface area contributed by atoms with Gasteiger partial charge in [-0.2, -0.15) is 0 Å². The van der Waals surface area contributed by atoms with Gasteiger partial charge in [-0.15, -0.1) is 0 Å². The summed E-state index contributed by atoms with van der Waals surface area (Å²) in [5, 5.41) is 0. The molecule has 0 saturated carbocycles. The van der Waals surface area contributed by atoms with Crippen LogP contribution in [0.25, 0.3) is 0 Å². The number of nitrogens with one attached hydrogen (secondary N) is 1. The molecule has 1 amide bonds. The fourth-order valence-corrected chi connectivity index (χ4v) is 3.75. The monoisotopic (exact) mass is 324 g/mol. The molecule has 6 nitrogen and oxygen atoms in total. The fourth-order valence-electron chi connectivity index (χ4n) is 2.48. The highest BCUT2D eigenvalue weighted by Crippen LogP contribution is 2.18. The lowest BCUT2D eigenvalue weighted by Crippen LogP contribution is -2.38. The lowest BCUT2D eigenvalue weighted by Gasteiger charge is -2.21. The number of hydrogen-bond acceptors (Lipinski definition) is 4. The van der Waals surface area contributed by atoms with E-state index in [1.807, 2.05) is 13.8 Å². The third-order valence-corrected chi connectivity index (χ3v) is 5.17. The summed E-state index contributed by atoms with van der Waals surface area (Å²) in [7, 11) is -3.75. The van der Waals surface area contributed by atoms with Crippen LogP contribution in [-0.4, -0.2) is 43.6 Å². The van der Waals surface area contributed by atoms with Crippen LogP contribution in [0.15, 0.2) is 29.2 Å². The molecule has 1 aliphatic rings. The molecule has 0 spiro atoms. The highest BCUT2D eigenvalue weighted by molar-refractivity contribution is 7.89. The second kappa shape index (κ2) is 6.18. The molecular weight excluding hydrogens is 304 g/mol. The number of amides is 1. The van der Waals surface area contributed by atoms with Gasteiger partial charge in [-0.3, -0.25) is 9.59 Å². The van der Waals surface area contributed by atoms with E-state index in [-0.39, 0.29) is 29.0 Å². The van der Waals surface area contributed by atoms with Crippen molar-refractivity contribution in [3.63, 3.8) is 0 Å². The summed E-state index contributed by atoms with van der Waals surface area (Å²) in [5.41, 5.74) is 0.342. The Kier molecular flexibility index (Phi) is 4.67. The van der Waals surface area contributed by atoms with Gasteiger partial charge in [0.2, 0.25) is 15.9 Å². The van der Waals surface area contributed by atoms with Crippen LogP contribution in [0, 0.1) is 0 Å². The topological polar surface area (TPSA) is 83.5 Å². The van der Waals surface area contributed by atoms with Gasteiger partial charge in [0.25, 0.3) is 0 Å². The maximum absolute atomic E-state index is 12.4. The predicted molar refractivity (Wildman–Crippen MR) is 82.0 cm³/mol. The minimum Gasteiger partial charge on any atom is -0.339 e. The Morgan fingerprint density at radius 2 is 2.05 bits per heavy atom. The lowest BCUT2D eigenvalue weighted by atomic mass is 10.2. The molecule has 120 valence electrons. The molecule has 1 unspecified atom stereocenters. The van der Waals surface area contributed by atoms with E-state index in [1.165, 1.54) is 25.1 Å². The SMILES string of the molecule is CC(=O)c1cccc(S(=O)(=O)NC2CC(=O)N(C(C)C)C2)c1. The zero-order valence-electron chi connectivity index (χ0n) is 12.9. The van der Waals surface area contributed by atoms with E-state index >= 15 is 0 Å².